The van der Waals surface area contributed by atoms with E-state index in [1.165, 1.54) is 5.56 Å². The molecule has 0 saturated heterocycles. The van der Waals surface area contributed by atoms with Gasteiger partial charge in [0.25, 0.3) is 0 Å². The number of hydrogen-bond donors (Lipinski definition) is 2. The lowest BCUT2D eigenvalue weighted by molar-refractivity contribution is 0.0615. The Morgan fingerprint density at radius 1 is 1.11 bits per heavy atom. The maximum Gasteiger partial charge on any atom is 0.0819 e. The van der Waals surface area contributed by atoms with Gasteiger partial charge in [-0.2, -0.15) is 0 Å². The summed E-state index contributed by atoms with van der Waals surface area (Å²) in [6, 6.07) is 8.56. The Morgan fingerprint density at radius 2 is 1.67 bits per heavy atom. The van der Waals surface area contributed by atoms with Crippen LogP contribution in [0.3, 0.4) is 0 Å². The average Bonchev–Trinajstić information content (AvgIpc) is 2.74. The van der Waals surface area contributed by atoms with Crippen LogP contribution in [0.25, 0.3) is 0 Å². The summed E-state index contributed by atoms with van der Waals surface area (Å²) < 4.78 is 0. The van der Waals surface area contributed by atoms with Crippen LogP contribution in [-0.2, 0) is 5.41 Å². The first-order valence-electron chi connectivity index (χ1n) is 6.96. The molecule has 0 bridgehead atoms. The number of nitrogens with one attached hydrogen (secondary N) is 1. The minimum Gasteiger partial charge on any atom is -0.388 e. The number of benzene rings is 1. The van der Waals surface area contributed by atoms with Crippen LogP contribution in [0.15, 0.2) is 24.3 Å². The molecule has 0 aromatic heterocycles. The van der Waals surface area contributed by atoms with Crippen LogP contribution < -0.4 is 5.32 Å². The van der Waals surface area contributed by atoms with Crippen LogP contribution in [0.5, 0.6) is 0 Å². The van der Waals surface area contributed by atoms with Crippen LogP contribution in [0.4, 0.5) is 5.69 Å². The number of rotatable bonds is 3. The van der Waals surface area contributed by atoms with E-state index < -0.39 is 5.60 Å². The first-order valence-corrected chi connectivity index (χ1v) is 6.96. The monoisotopic (exact) mass is 247 g/mol. The largest absolute Gasteiger partial charge is 0.388 e. The fraction of sp³-hybridized carbons (Fsp3) is 0.625. The van der Waals surface area contributed by atoms with E-state index >= 15 is 0 Å². The molecule has 2 heteroatoms. The van der Waals surface area contributed by atoms with Gasteiger partial charge in [-0.3, -0.25) is 0 Å². The van der Waals surface area contributed by atoms with Gasteiger partial charge in [0.2, 0.25) is 0 Å². The van der Waals surface area contributed by atoms with Gasteiger partial charge in [0.05, 0.1) is 5.60 Å². The van der Waals surface area contributed by atoms with Crippen molar-refractivity contribution in [3.8, 4) is 0 Å². The van der Waals surface area contributed by atoms with Gasteiger partial charge in [0, 0.05) is 12.2 Å². The van der Waals surface area contributed by atoms with Crippen molar-refractivity contribution in [2.24, 2.45) is 0 Å². The SMILES string of the molecule is CC(C)(C)c1ccc(NCC2(O)CCCC2)cc1. The predicted molar refractivity (Wildman–Crippen MR) is 77.0 cm³/mol. The van der Waals surface area contributed by atoms with Gasteiger partial charge in [0.15, 0.2) is 0 Å². The third kappa shape index (κ3) is 3.26. The fourth-order valence-corrected chi connectivity index (χ4v) is 2.56. The molecular formula is C16H25NO. The topological polar surface area (TPSA) is 32.3 Å². The molecule has 0 spiro atoms. The molecule has 2 rings (SSSR count). The van der Waals surface area contributed by atoms with E-state index in [1.54, 1.807) is 0 Å². The Bertz CT molecular complexity index is 383. The number of hydrogen-bond acceptors (Lipinski definition) is 2. The first-order chi connectivity index (χ1) is 8.39. The molecule has 100 valence electrons. The predicted octanol–water partition coefficient (Wildman–Crippen LogP) is 3.70. The van der Waals surface area contributed by atoms with Crippen LogP contribution in [0, 0.1) is 0 Å². The minimum atomic E-state index is -0.483. The molecule has 0 aliphatic heterocycles. The lowest BCUT2D eigenvalue weighted by Gasteiger charge is -2.24. The van der Waals surface area contributed by atoms with Crippen molar-refractivity contribution in [3.05, 3.63) is 29.8 Å². The van der Waals surface area contributed by atoms with E-state index in [9.17, 15) is 5.11 Å². The van der Waals surface area contributed by atoms with E-state index in [1.807, 2.05) is 0 Å². The third-order valence-corrected chi connectivity index (χ3v) is 3.91. The van der Waals surface area contributed by atoms with Gasteiger partial charge >= 0.3 is 0 Å². The normalized spacial score (nSPS) is 18.9. The molecule has 18 heavy (non-hydrogen) atoms. The third-order valence-electron chi connectivity index (χ3n) is 3.91. The van der Waals surface area contributed by atoms with Gasteiger partial charge in [-0.1, -0.05) is 45.7 Å². The maximum atomic E-state index is 10.3. The van der Waals surface area contributed by atoms with E-state index in [2.05, 4.69) is 50.4 Å². The van der Waals surface area contributed by atoms with E-state index in [4.69, 9.17) is 0 Å². The maximum absolute atomic E-state index is 10.3. The highest BCUT2D eigenvalue weighted by atomic mass is 16.3. The van der Waals surface area contributed by atoms with Crippen molar-refractivity contribution in [2.45, 2.75) is 57.5 Å². The summed E-state index contributed by atoms with van der Waals surface area (Å²) in [5.41, 5.74) is 2.15. The van der Waals surface area contributed by atoms with Gasteiger partial charge in [0.1, 0.15) is 0 Å². The second-order valence-corrected chi connectivity index (χ2v) is 6.61. The fourth-order valence-electron chi connectivity index (χ4n) is 2.56. The highest BCUT2D eigenvalue weighted by Crippen LogP contribution is 2.30. The molecule has 1 aliphatic rings. The second kappa shape index (κ2) is 4.93. The molecule has 0 amide bonds. The van der Waals surface area contributed by atoms with Crippen LogP contribution in [0.1, 0.15) is 52.0 Å². The Hall–Kier alpha value is -1.02. The quantitative estimate of drug-likeness (QED) is 0.853. The van der Waals surface area contributed by atoms with Crippen molar-refractivity contribution >= 4 is 5.69 Å². The molecular weight excluding hydrogens is 222 g/mol. The summed E-state index contributed by atoms with van der Waals surface area (Å²) in [5, 5.41) is 13.6. The zero-order valence-corrected chi connectivity index (χ0v) is 11.8. The molecule has 1 aromatic carbocycles. The van der Waals surface area contributed by atoms with Crippen LogP contribution in [-0.4, -0.2) is 17.3 Å². The van der Waals surface area contributed by atoms with Gasteiger partial charge < -0.3 is 10.4 Å². The van der Waals surface area contributed by atoms with Crippen molar-refractivity contribution in [1.82, 2.24) is 0 Å². The molecule has 1 aromatic rings. The number of anilines is 1. The molecule has 1 fully saturated rings. The first kappa shape index (κ1) is 13.4. The molecule has 0 unspecified atom stereocenters. The molecule has 0 atom stereocenters. The molecule has 0 heterocycles. The summed E-state index contributed by atoms with van der Waals surface area (Å²) in [6.45, 7) is 7.33. The van der Waals surface area contributed by atoms with E-state index in [-0.39, 0.29) is 5.41 Å². The van der Waals surface area contributed by atoms with Gasteiger partial charge in [-0.25, -0.2) is 0 Å². The summed E-state index contributed by atoms with van der Waals surface area (Å²) in [4.78, 5) is 0. The lowest BCUT2D eigenvalue weighted by atomic mass is 9.87. The zero-order chi connectivity index (χ0) is 13.2. The molecule has 1 saturated carbocycles. The zero-order valence-electron chi connectivity index (χ0n) is 11.8. The Balaban J connectivity index is 1.94. The smallest absolute Gasteiger partial charge is 0.0819 e. The molecule has 1 aliphatic carbocycles. The van der Waals surface area contributed by atoms with Crippen LogP contribution in [0.2, 0.25) is 0 Å². The standard InChI is InChI=1S/C16H25NO/c1-15(2,3)13-6-8-14(9-7-13)17-12-16(18)10-4-5-11-16/h6-9,17-18H,4-5,10-12H2,1-3H3. The van der Waals surface area contributed by atoms with E-state index in [0.29, 0.717) is 6.54 Å². The van der Waals surface area contributed by atoms with Crippen LogP contribution >= 0.6 is 0 Å². The summed E-state index contributed by atoms with van der Waals surface area (Å²) in [6.07, 6.45) is 4.17. The van der Waals surface area contributed by atoms with Crippen molar-refractivity contribution < 1.29 is 5.11 Å². The summed E-state index contributed by atoms with van der Waals surface area (Å²) in [5.74, 6) is 0. The van der Waals surface area contributed by atoms with Gasteiger partial charge in [-0.05, 0) is 36.0 Å². The summed E-state index contributed by atoms with van der Waals surface area (Å²) >= 11 is 0. The Labute approximate surface area is 110 Å². The number of aliphatic hydroxyl groups is 1. The van der Waals surface area contributed by atoms with Crippen molar-refractivity contribution in [1.29, 1.82) is 0 Å². The van der Waals surface area contributed by atoms with E-state index in [0.717, 1.165) is 31.4 Å². The van der Waals surface area contributed by atoms with Crippen molar-refractivity contribution in [3.63, 3.8) is 0 Å². The molecule has 2 nitrogen and oxygen atoms in total. The highest BCUT2D eigenvalue weighted by Gasteiger charge is 2.30. The second-order valence-electron chi connectivity index (χ2n) is 6.61. The minimum absolute atomic E-state index is 0.197. The van der Waals surface area contributed by atoms with Crippen molar-refractivity contribution in [2.75, 3.05) is 11.9 Å². The summed E-state index contributed by atoms with van der Waals surface area (Å²) in [7, 11) is 0. The lowest BCUT2D eigenvalue weighted by Crippen LogP contribution is -2.33. The average molecular weight is 247 g/mol. The molecule has 2 N–H and O–H groups in total. The molecule has 0 radical (unpaired) electrons. The highest BCUT2D eigenvalue weighted by molar-refractivity contribution is 5.46. The Kier molecular flexibility index (Phi) is 3.67. The Morgan fingerprint density at radius 3 is 2.17 bits per heavy atom. The van der Waals surface area contributed by atoms with Gasteiger partial charge in [-0.15, -0.1) is 0 Å².